The number of rotatable bonds is 1. The van der Waals surface area contributed by atoms with Gasteiger partial charge in [0, 0.05) is 16.5 Å². The summed E-state index contributed by atoms with van der Waals surface area (Å²) in [6, 6.07) is 7.59. The van der Waals surface area contributed by atoms with Gasteiger partial charge in [-0.05, 0) is 36.1 Å². The van der Waals surface area contributed by atoms with Crippen LogP contribution in [0.1, 0.15) is 24.3 Å². The molecule has 15 heavy (non-hydrogen) atoms. The summed E-state index contributed by atoms with van der Waals surface area (Å²) in [5.41, 5.74) is 1.12. The van der Waals surface area contributed by atoms with Gasteiger partial charge >= 0.3 is 0 Å². The van der Waals surface area contributed by atoms with Gasteiger partial charge in [0.25, 0.3) is 0 Å². The first kappa shape index (κ1) is 10.7. The SMILES string of the molecule is O=C1C=C(Cl)C[C@H](c2ccc(Cl)cc2)C1. The number of ketones is 1. The fraction of sp³-hybridized carbons (Fsp3) is 0.250. The number of halogens is 2. The van der Waals surface area contributed by atoms with Gasteiger partial charge in [-0.3, -0.25) is 4.79 Å². The van der Waals surface area contributed by atoms with E-state index in [2.05, 4.69) is 0 Å². The van der Waals surface area contributed by atoms with Gasteiger partial charge in [-0.15, -0.1) is 0 Å². The molecule has 0 aromatic heterocycles. The Balaban J connectivity index is 2.22. The molecular formula is C12H10Cl2O. The Hall–Kier alpha value is -0.790. The van der Waals surface area contributed by atoms with Crippen molar-refractivity contribution in [1.82, 2.24) is 0 Å². The van der Waals surface area contributed by atoms with E-state index in [0.717, 1.165) is 12.0 Å². The molecule has 0 aliphatic heterocycles. The van der Waals surface area contributed by atoms with E-state index in [1.54, 1.807) is 0 Å². The molecule has 0 fully saturated rings. The molecule has 1 nitrogen and oxygen atoms in total. The van der Waals surface area contributed by atoms with Gasteiger partial charge in [0.15, 0.2) is 5.78 Å². The second-order valence-corrected chi connectivity index (χ2v) is 4.64. The van der Waals surface area contributed by atoms with Gasteiger partial charge in [-0.1, -0.05) is 35.3 Å². The van der Waals surface area contributed by atoms with E-state index in [1.807, 2.05) is 24.3 Å². The standard InChI is InChI=1S/C12H10Cl2O/c13-10-3-1-8(2-4-10)9-5-11(14)7-12(15)6-9/h1-4,7,9H,5-6H2/t9-/m0/s1. The lowest BCUT2D eigenvalue weighted by molar-refractivity contribution is -0.115. The summed E-state index contributed by atoms with van der Waals surface area (Å²) in [5.74, 6) is 0.304. The summed E-state index contributed by atoms with van der Waals surface area (Å²) in [6.07, 6.45) is 2.81. The zero-order chi connectivity index (χ0) is 10.8. The lowest BCUT2D eigenvalue weighted by atomic mass is 9.87. The summed E-state index contributed by atoms with van der Waals surface area (Å²) in [7, 11) is 0. The number of carbonyl (C=O) groups excluding carboxylic acids is 1. The maximum Gasteiger partial charge on any atom is 0.157 e. The molecule has 0 bridgehead atoms. The topological polar surface area (TPSA) is 17.1 Å². The molecule has 0 saturated carbocycles. The molecule has 0 N–H and O–H groups in total. The molecule has 1 aliphatic carbocycles. The molecule has 1 atom stereocenters. The Morgan fingerprint density at radius 1 is 1.07 bits per heavy atom. The summed E-state index contributed by atoms with van der Waals surface area (Å²) in [4.78, 5) is 11.3. The summed E-state index contributed by atoms with van der Waals surface area (Å²) < 4.78 is 0. The number of carbonyl (C=O) groups is 1. The molecule has 0 unspecified atom stereocenters. The average Bonchev–Trinajstić information content (AvgIpc) is 2.17. The van der Waals surface area contributed by atoms with Crippen molar-refractivity contribution in [3.05, 3.63) is 46.0 Å². The van der Waals surface area contributed by atoms with Gasteiger partial charge in [0.05, 0.1) is 0 Å². The van der Waals surface area contributed by atoms with Crippen molar-refractivity contribution in [2.24, 2.45) is 0 Å². The van der Waals surface area contributed by atoms with E-state index in [0.29, 0.717) is 16.5 Å². The highest BCUT2D eigenvalue weighted by atomic mass is 35.5. The van der Waals surface area contributed by atoms with Crippen molar-refractivity contribution in [3.8, 4) is 0 Å². The molecule has 0 radical (unpaired) electrons. The zero-order valence-electron chi connectivity index (χ0n) is 8.04. The van der Waals surface area contributed by atoms with Crippen LogP contribution < -0.4 is 0 Å². The summed E-state index contributed by atoms with van der Waals surface area (Å²) in [6.45, 7) is 0. The molecule has 1 aromatic rings. The van der Waals surface area contributed by atoms with E-state index >= 15 is 0 Å². The Morgan fingerprint density at radius 3 is 2.33 bits per heavy atom. The summed E-state index contributed by atoms with van der Waals surface area (Å²) >= 11 is 11.7. The molecule has 0 heterocycles. The fourth-order valence-corrected chi connectivity index (χ4v) is 2.25. The predicted octanol–water partition coefficient (Wildman–Crippen LogP) is 3.91. The maximum absolute atomic E-state index is 11.3. The average molecular weight is 241 g/mol. The van der Waals surface area contributed by atoms with Crippen LogP contribution in [0.15, 0.2) is 35.4 Å². The van der Waals surface area contributed by atoms with E-state index in [9.17, 15) is 4.79 Å². The van der Waals surface area contributed by atoms with Crippen molar-refractivity contribution in [2.45, 2.75) is 18.8 Å². The highest BCUT2D eigenvalue weighted by Crippen LogP contribution is 2.33. The Kier molecular flexibility index (Phi) is 3.13. The Morgan fingerprint density at radius 2 is 1.73 bits per heavy atom. The van der Waals surface area contributed by atoms with Gasteiger partial charge in [-0.25, -0.2) is 0 Å². The lowest BCUT2D eigenvalue weighted by Crippen LogP contribution is -2.10. The molecule has 3 heteroatoms. The van der Waals surface area contributed by atoms with Gasteiger partial charge in [-0.2, -0.15) is 0 Å². The van der Waals surface area contributed by atoms with Crippen LogP contribution in [0.25, 0.3) is 0 Å². The van der Waals surface area contributed by atoms with Crippen molar-refractivity contribution in [3.63, 3.8) is 0 Å². The largest absolute Gasteiger partial charge is 0.295 e. The Labute approximate surface area is 98.7 Å². The minimum absolute atomic E-state index is 0.103. The number of hydrogen-bond acceptors (Lipinski definition) is 1. The van der Waals surface area contributed by atoms with Gasteiger partial charge in [0.2, 0.25) is 0 Å². The minimum atomic E-state index is 0.103. The van der Waals surface area contributed by atoms with Crippen molar-refractivity contribution in [1.29, 1.82) is 0 Å². The molecule has 1 aliphatic rings. The predicted molar refractivity (Wildman–Crippen MR) is 62.4 cm³/mol. The Bertz CT molecular complexity index is 406. The highest BCUT2D eigenvalue weighted by molar-refractivity contribution is 6.31. The molecule has 78 valence electrons. The van der Waals surface area contributed by atoms with E-state index in [-0.39, 0.29) is 11.7 Å². The normalized spacial score (nSPS) is 21.3. The smallest absolute Gasteiger partial charge is 0.157 e. The maximum atomic E-state index is 11.3. The van der Waals surface area contributed by atoms with Crippen LogP contribution >= 0.6 is 23.2 Å². The van der Waals surface area contributed by atoms with Crippen LogP contribution in [-0.2, 0) is 4.79 Å². The van der Waals surface area contributed by atoms with E-state index < -0.39 is 0 Å². The van der Waals surface area contributed by atoms with Crippen molar-refractivity contribution in [2.75, 3.05) is 0 Å². The molecule has 0 spiro atoms. The molecule has 0 saturated heterocycles. The van der Waals surface area contributed by atoms with Crippen LogP contribution in [0.5, 0.6) is 0 Å². The monoisotopic (exact) mass is 240 g/mol. The van der Waals surface area contributed by atoms with Gasteiger partial charge < -0.3 is 0 Å². The first-order valence-electron chi connectivity index (χ1n) is 4.79. The highest BCUT2D eigenvalue weighted by Gasteiger charge is 2.20. The fourth-order valence-electron chi connectivity index (χ4n) is 1.81. The number of benzene rings is 1. The first-order chi connectivity index (χ1) is 7.15. The van der Waals surface area contributed by atoms with Crippen LogP contribution in [-0.4, -0.2) is 5.78 Å². The van der Waals surface area contributed by atoms with Crippen molar-refractivity contribution < 1.29 is 4.79 Å². The number of allylic oxidation sites excluding steroid dienone is 2. The van der Waals surface area contributed by atoms with E-state index in [4.69, 9.17) is 23.2 Å². The molecule has 2 rings (SSSR count). The van der Waals surface area contributed by atoms with Crippen LogP contribution in [0.4, 0.5) is 0 Å². The molecule has 0 amide bonds. The third-order valence-corrected chi connectivity index (χ3v) is 3.06. The second-order valence-electron chi connectivity index (χ2n) is 3.71. The quantitative estimate of drug-likeness (QED) is 0.728. The van der Waals surface area contributed by atoms with Crippen LogP contribution in [0.3, 0.4) is 0 Å². The zero-order valence-corrected chi connectivity index (χ0v) is 9.55. The molecule has 1 aromatic carbocycles. The molecular weight excluding hydrogens is 231 g/mol. The minimum Gasteiger partial charge on any atom is -0.295 e. The second kappa shape index (κ2) is 4.38. The van der Waals surface area contributed by atoms with E-state index in [1.165, 1.54) is 6.08 Å². The first-order valence-corrected chi connectivity index (χ1v) is 5.55. The number of hydrogen-bond donors (Lipinski definition) is 0. The summed E-state index contributed by atoms with van der Waals surface area (Å²) in [5, 5.41) is 1.36. The third kappa shape index (κ3) is 2.61. The van der Waals surface area contributed by atoms with Crippen LogP contribution in [0.2, 0.25) is 5.02 Å². The van der Waals surface area contributed by atoms with Crippen molar-refractivity contribution >= 4 is 29.0 Å². The lowest BCUT2D eigenvalue weighted by Gasteiger charge is -2.19. The van der Waals surface area contributed by atoms with Crippen LogP contribution in [0, 0.1) is 0 Å². The third-order valence-electron chi connectivity index (χ3n) is 2.55. The van der Waals surface area contributed by atoms with Gasteiger partial charge in [0.1, 0.15) is 0 Å².